The van der Waals surface area contributed by atoms with Gasteiger partial charge in [-0.15, -0.1) is 0 Å². The maximum atomic E-state index is 12.6. The molecule has 0 unspecified atom stereocenters. The van der Waals surface area contributed by atoms with Gasteiger partial charge in [-0.25, -0.2) is 4.79 Å². The van der Waals surface area contributed by atoms with Crippen molar-refractivity contribution in [3.05, 3.63) is 60.2 Å². The first-order chi connectivity index (χ1) is 14.0. The monoisotopic (exact) mass is 402 g/mol. The summed E-state index contributed by atoms with van der Waals surface area (Å²) in [6.45, 7) is 4.48. The third-order valence-corrected chi connectivity index (χ3v) is 4.63. The Morgan fingerprint density at radius 2 is 1.76 bits per heavy atom. The molecule has 0 bridgehead atoms. The Bertz CT molecular complexity index is 697. The van der Waals surface area contributed by atoms with Gasteiger partial charge in [0.05, 0.1) is 25.7 Å². The standard InChI is InChI=1S/C23H30O6/c1-17-8-7-11-22(24)28-16-21(26-3)18(2)12-13-20(23(25)29-14-17)27-15-19-9-5-4-6-10-19/h4-10,12-13,17-18,20-21H,11,14-16H2,1-3H3/b8-7+,13-12+/t17-,18-,20+,21-/m1/s1. The Kier molecular flexibility index (Phi) is 9.60. The van der Waals surface area contributed by atoms with Crippen molar-refractivity contribution in [2.24, 2.45) is 11.8 Å². The summed E-state index contributed by atoms with van der Waals surface area (Å²) in [5, 5.41) is 0. The normalized spacial score (nSPS) is 29.1. The molecule has 6 nitrogen and oxygen atoms in total. The Labute approximate surface area is 172 Å². The number of rotatable bonds is 4. The average Bonchev–Trinajstić information content (AvgIpc) is 2.72. The molecule has 1 heterocycles. The van der Waals surface area contributed by atoms with Gasteiger partial charge in [-0.2, -0.15) is 0 Å². The van der Waals surface area contributed by atoms with E-state index in [0.717, 1.165) is 5.56 Å². The Morgan fingerprint density at radius 3 is 2.48 bits per heavy atom. The van der Waals surface area contributed by atoms with Crippen molar-refractivity contribution < 1.29 is 28.5 Å². The maximum Gasteiger partial charge on any atom is 0.339 e. The Hall–Kier alpha value is -2.44. The SMILES string of the molecule is CO[C@@H]1COC(=O)C/C=C/[C@@H](C)COC(=O)[C@@H](OCc2ccccc2)/C=C/[C@H]1C. The second-order valence-corrected chi connectivity index (χ2v) is 7.16. The van der Waals surface area contributed by atoms with Gasteiger partial charge in [0.1, 0.15) is 6.61 Å². The molecule has 1 aromatic rings. The zero-order valence-electron chi connectivity index (χ0n) is 17.3. The number of methoxy groups -OCH3 is 1. The highest BCUT2D eigenvalue weighted by atomic mass is 16.6. The van der Waals surface area contributed by atoms with E-state index in [2.05, 4.69) is 0 Å². The van der Waals surface area contributed by atoms with Gasteiger partial charge in [-0.1, -0.05) is 62.4 Å². The maximum absolute atomic E-state index is 12.6. The van der Waals surface area contributed by atoms with E-state index in [1.807, 2.05) is 56.3 Å². The predicted octanol–water partition coefficient (Wildman–Crippen LogP) is 3.46. The third-order valence-electron chi connectivity index (χ3n) is 4.63. The lowest BCUT2D eigenvalue weighted by Crippen LogP contribution is -2.28. The van der Waals surface area contributed by atoms with Gasteiger partial charge in [0.2, 0.25) is 0 Å². The van der Waals surface area contributed by atoms with Crippen LogP contribution in [0, 0.1) is 11.8 Å². The lowest BCUT2D eigenvalue weighted by Gasteiger charge is -2.20. The van der Waals surface area contributed by atoms with E-state index >= 15 is 0 Å². The lowest BCUT2D eigenvalue weighted by atomic mass is 10.0. The summed E-state index contributed by atoms with van der Waals surface area (Å²) in [5.41, 5.74) is 0.968. The van der Waals surface area contributed by atoms with E-state index < -0.39 is 12.1 Å². The predicted molar refractivity (Wildman–Crippen MR) is 109 cm³/mol. The topological polar surface area (TPSA) is 71.1 Å². The highest BCUT2D eigenvalue weighted by molar-refractivity contribution is 5.77. The van der Waals surface area contributed by atoms with Crippen LogP contribution in [0.4, 0.5) is 0 Å². The van der Waals surface area contributed by atoms with Gasteiger partial charge < -0.3 is 18.9 Å². The quantitative estimate of drug-likeness (QED) is 0.567. The molecule has 0 aliphatic carbocycles. The van der Waals surface area contributed by atoms with Gasteiger partial charge in [0, 0.05) is 18.9 Å². The summed E-state index contributed by atoms with van der Waals surface area (Å²) in [7, 11) is 1.57. The minimum absolute atomic E-state index is 0.0266. The van der Waals surface area contributed by atoms with Crippen LogP contribution >= 0.6 is 0 Å². The lowest BCUT2D eigenvalue weighted by molar-refractivity contribution is -0.155. The second kappa shape index (κ2) is 12.2. The number of carbonyl (C=O) groups excluding carboxylic acids is 2. The molecule has 158 valence electrons. The number of benzene rings is 1. The number of ether oxygens (including phenoxy) is 4. The summed E-state index contributed by atoms with van der Waals surface area (Å²) in [5.74, 6) is -0.882. The summed E-state index contributed by atoms with van der Waals surface area (Å²) < 4.78 is 22.0. The smallest absolute Gasteiger partial charge is 0.339 e. The van der Waals surface area contributed by atoms with Gasteiger partial charge in [0.25, 0.3) is 0 Å². The van der Waals surface area contributed by atoms with Gasteiger partial charge >= 0.3 is 11.9 Å². The van der Waals surface area contributed by atoms with E-state index in [1.54, 1.807) is 19.3 Å². The van der Waals surface area contributed by atoms with Crippen LogP contribution in [-0.4, -0.2) is 44.5 Å². The molecule has 0 N–H and O–H groups in total. The first-order valence-corrected chi connectivity index (χ1v) is 9.85. The molecule has 29 heavy (non-hydrogen) atoms. The number of carbonyl (C=O) groups is 2. The van der Waals surface area contributed by atoms with Crippen LogP contribution in [0.2, 0.25) is 0 Å². The van der Waals surface area contributed by atoms with Crippen LogP contribution in [0.15, 0.2) is 54.6 Å². The molecule has 0 aromatic heterocycles. The van der Waals surface area contributed by atoms with E-state index in [-0.39, 0.29) is 43.5 Å². The number of hydrogen-bond donors (Lipinski definition) is 0. The highest BCUT2D eigenvalue weighted by Gasteiger charge is 2.22. The van der Waals surface area contributed by atoms with Crippen molar-refractivity contribution in [3.8, 4) is 0 Å². The van der Waals surface area contributed by atoms with Crippen molar-refractivity contribution in [2.45, 2.75) is 39.1 Å². The minimum Gasteiger partial charge on any atom is -0.463 e. The molecule has 0 spiro atoms. The molecule has 1 aliphatic rings. The molecular weight excluding hydrogens is 372 g/mol. The summed E-state index contributed by atoms with van der Waals surface area (Å²) in [6, 6.07) is 9.64. The van der Waals surface area contributed by atoms with Gasteiger partial charge in [-0.05, 0) is 11.6 Å². The van der Waals surface area contributed by atoms with Crippen molar-refractivity contribution in [2.75, 3.05) is 20.3 Å². The van der Waals surface area contributed by atoms with E-state index in [0.29, 0.717) is 6.61 Å². The van der Waals surface area contributed by atoms with E-state index in [1.165, 1.54) is 0 Å². The molecule has 0 amide bonds. The van der Waals surface area contributed by atoms with Gasteiger partial charge in [-0.3, -0.25) is 4.79 Å². The molecule has 0 radical (unpaired) electrons. The second-order valence-electron chi connectivity index (χ2n) is 7.16. The van der Waals surface area contributed by atoms with E-state index in [9.17, 15) is 9.59 Å². The van der Waals surface area contributed by atoms with E-state index in [4.69, 9.17) is 18.9 Å². The molecule has 4 atom stereocenters. The first kappa shape index (κ1) is 22.8. The fraction of sp³-hybridized carbons (Fsp3) is 0.478. The summed E-state index contributed by atoms with van der Waals surface area (Å²) >= 11 is 0. The van der Waals surface area contributed by atoms with Crippen LogP contribution in [0.3, 0.4) is 0 Å². The van der Waals surface area contributed by atoms with Crippen molar-refractivity contribution >= 4 is 11.9 Å². The highest BCUT2D eigenvalue weighted by Crippen LogP contribution is 2.14. The summed E-state index contributed by atoms with van der Waals surface area (Å²) in [6.07, 6.45) is 6.09. The molecule has 1 aromatic carbocycles. The van der Waals surface area contributed by atoms with Crippen LogP contribution < -0.4 is 0 Å². The minimum atomic E-state index is -0.834. The van der Waals surface area contributed by atoms with Crippen molar-refractivity contribution in [3.63, 3.8) is 0 Å². The Balaban J connectivity index is 2.14. The van der Waals surface area contributed by atoms with Gasteiger partial charge in [0.15, 0.2) is 6.10 Å². The third kappa shape index (κ3) is 8.21. The zero-order valence-corrected chi connectivity index (χ0v) is 17.3. The molecular formula is C23H30O6. The fourth-order valence-corrected chi connectivity index (χ4v) is 2.78. The fourth-order valence-electron chi connectivity index (χ4n) is 2.78. The number of esters is 2. The molecule has 2 rings (SSSR count). The van der Waals surface area contributed by atoms with Crippen LogP contribution in [0.5, 0.6) is 0 Å². The largest absolute Gasteiger partial charge is 0.463 e. The van der Waals surface area contributed by atoms with Crippen molar-refractivity contribution in [1.29, 1.82) is 0 Å². The van der Waals surface area contributed by atoms with Crippen LogP contribution in [-0.2, 0) is 35.1 Å². The number of cyclic esters (lactones) is 2. The molecule has 0 saturated carbocycles. The number of hydrogen-bond acceptors (Lipinski definition) is 6. The first-order valence-electron chi connectivity index (χ1n) is 9.85. The molecule has 0 saturated heterocycles. The summed E-state index contributed by atoms with van der Waals surface area (Å²) in [4.78, 5) is 24.5. The average molecular weight is 402 g/mol. The van der Waals surface area contributed by atoms with Crippen molar-refractivity contribution in [1.82, 2.24) is 0 Å². The molecule has 0 fully saturated rings. The Morgan fingerprint density at radius 1 is 1.00 bits per heavy atom. The molecule has 1 aliphatic heterocycles. The zero-order chi connectivity index (χ0) is 21.1. The van der Waals surface area contributed by atoms with Crippen LogP contribution in [0.1, 0.15) is 25.8 Å². The van der Waals surface area contributed by atoms with Crippen LogP contribution in [0.25, 0.3) is 0 Å². The molecule has 6 heteroatoms.